The second-order valence-electron chi connectivity index (χ2n) is 5.50. The number of aromatic nitrogens is 1. The molecule has 1 saturated carbocycles. The molecule has 0 amide bonds. The minimum absolute atomic E-state index is 0.125. The number of hydrogen-bond acceptors (Lipinski definition) is 4. The summed E-state index contributed by atoms with van der Waals surface area (Å²) in [7, 11) is 0. The monoisotopic (exact) mass is 268 g/mol. The van der Waals surface area contributed by atoms with Gasteiger partial charge in [-0.15, -0.1) is 11.3 Å². The van der Waals surface area contributed by atoms with Crippen LogP contribution in [0.3, 0.4) is 0 Å². The number of hydrogen-bond donors (Lipinski definition) is 2. The highest BCUT2D eigenvalue weighted by atomic mass is 32.1. The maximum absolute atomic E-state index is 10.8. The fraction of sp³-hybridized carbons (Fsp3) is 0.692. The van der Waals surface area contributed by atoms with Crippen molar-refractivity contribution < 1.29 is 9.90 Å². The van der Waals surface area contributed by atoms with Crippen molar-refractivity contribution in [3.8, 4) is 0 Å². The van der Waals surface area contributed by atoms with E-state index in [1.165, 1.54) is 37.0 Å². The smallest absolute Gasteiger partial charge is 0.355 e. The number of carboxylic acids is 1. The standard InChI is InChI=1S/C13H20N2O2S/c1-9(11-15-10(7-18-11)12(16)17)14-8-13(2)5-3-4-6-13/h7,9,14H,3-6,8H2,1-2H3,(H,16,17). The summed E-state index contributed by atoms with van der Waals surface area (Å²) in [6.45, 7) is 5.35. The van der Waals surface area contributed by atoms with E-state index in [1.54, 1.807) is 5.38 Å². The predicted molar refractivity (Wildman–Crippen MR) is 72.1 cm³/mol. The Balaban J connectivity index is 1.90. The van der Waals surface area contributed by atoms with Crippen molar-refractivity contribution in [3.63, 3.8) is 0 Å². The lowest BCUT2D eigenvalue weighted by Gasteiger charge is -2.25. The summed E-state index contributed by atoms with van der Waals surface area (Å²) in [5.74, 6) is -0.951. The average molecular weight is 268 g/mol. The Bertz CT molecular complexity index is 424. The molecule has 18 heavy (non-hydrogen) atoms. The van der Waals surface area contributed by atoms with E-state index in [0.29, 0.717) is 5.41 Å². The molecular weight excluding hydrogens is 248 g/mol. The third-order valence-electron chi connectivity index (χ3n) is 3.76. The summed E-state index contributed by atoms with van der Waals surface area (Å²) in [5.41, 5.74) is 0.553. The molecule has 0 spiro atoms. The number of aromatic carboxylic acids is 1. The lowest BCUT2D eigenvalue weighted by atomic mass is 9.89. The van der Waals surface area contributed by atoms with Gasteiger partial charge in [0.1, 0.15) is 5.01 Å². The third-order valence-corrected chi connectivity index (χ3v) is 4.78. The molecule has 1 fully saturated rings. The van der Waals surface area contributed by atoms with Crippen molar-refractivity contribution in [3.05, 3.63) is 16.1 Å². The maximum Gasteiger partial charge on any atom is 0.355 e. The van der Waals surface area contributed by atoms with Crippen LogP contribution in [-0.4, -0.2) is 22.6 Å². The Morgan fingerprint density at radius 3 is 2.83 bits per heavy atom. The first-order chi connectivity index (χ1) is 8.50. The zero-order valence-electron chi connectivity index (χ0n) is 10.9. The molecule has 1 aromatic heterocycles. The van der Waals surface area contributed by atoms with E-state index in [9.17, 15) is 4.79 Å². The SMILES string of the molecule is CC(NCC1(C)CCCC1)c1nc(C(=O)O)cs1. The Hall–Kier alpha value is -0.940. The lowest BCUT2D eigenvalue weighted by Crippen LogP contribution is -2.31. The van der Waals surface area contributed by atoms with E-state index >= 15 is 0 Å². The van der Waals surface area contributed by atoms with Gasteiger partial charge in [0.05, 0.1) is 6.04 Å². The van der Waals surface area contributed by atoms with Gasteiger partial charge in [0.2, 0.25) is 0 Å². The second-order valence-corrected chi connectivity index (χ2v) is 6.39. The molecule has 2 rings (SSSR count). The minimum Gasteiger partial charge on any atom is -0.476 e. The molecule has 1 aliphatic rings. The zero-order chi connectivity index (χ0) is 13.2. The Morgan fingerprint density at radius 1 is 1.61 bits per heavy atom. The summed E-state index contributed by atoms with van der Waals surface area (Å²) in [4.78, 5) is 14.9. The molecule has 0 radical (unpaired) electrons. The van der Waals surface area contributed by atoms with E-state index in [0.717, 1.165) is 11.6 Å². The predicted octanol–water partition coefficient (Wildman–Crippen LogP) is 3.07. The Kier molecular flexibility index (Phi) is 4.02. The molecular formula is C13H20N2O2S. The van der Waals surface area contributed by atoms with Crippen LogP contribution in [0, 0.1) is 5.41 Å². The number of nitrogens with one attached hydrogen (secondary N) is 1. The van der Waals surface area contributed by atoms with Crippen molar-refractivity contribution in [1.82, 2.24) is 10.3 Å². The highest BCUT2D eigenvalue weighted by Crippen LogP contribution is 2.37. The van der Waals surface area contributed by atoms with E-state index < -0.39 is 5.97 Å². The lowest BCUT2D eigenvalue weighted by molar-refractivity contribution is 0.0691. The third kappa shape index (κ3) is 3.09. The van der Waals surface area contributed by atoms with Gasteiger partial charge in [-0.3, -0.25) is 0 Å². The van der Waals surface area contributed by atoms with Gasteiger partial charge in [-0.1, -0.05) is 19.8 Å². The largest absolute Gasteiger partial charge is 0.476 e. The van der Waals surface area contributed by atoms with Gasteiger partial charge >= 0.3 is 5.97 Å². The van der Waals surface area contributed by atoms with Crippen molar-refractivity contribution in [2.45, 2.75) is 45.6 Å². The molecule has 0 aliphatic heterocycles. The van der Waals surface area contributed by atoms with Crippen LogP contribution in [0.1, 0.15) is 61.1 Å². The number of nitrogens with zero attached hydrogens (tertiary/aromatic N) is 1. The van der Waals surface area contributed by atoms with Gasteiger partial charge < -0.3 is 10.4 Å². The summed E-state index contributed by atoms with van der Waals surface area (Å²) in [6, 6.07) is 0.125. The summed E-state index contributed by atoms with van der Waals surface area (Å²) in [6.07, 6.45) is 5.22. The number of carbonyl (C=O) groups is 1. The molecule has 1 atom stereocenters. The quantitative estimate of drug-likeness (QED) is 0.861. The normalized spacial score (nSPS) is 19.9. The van der Waals surface area contributed by atoms with Crippen LogP contribution in [0.25, 0.3) is 0 Å². The van der Waals surface area contributed by atoms with Gasteiger partial charge in [-0.2, -0.15) is 0 Å². The maximum atomic E-state index is 10.8. The highest BCUT2D eigenvalue weighted by molar-refractivity contribution is 7.09. The molecule has 1 aromatic rings. The fourth-order valence-electron chi connectivity index (χ4n) is 2.48. The van der Waals surface area contributed by atoms with Gasteiger partial charge in [-0.25, -0.2) is 9.78 Å². The van der Waals surface area contributed by atoms with Gasteiger partial charge in [0.25, 0.3) is 0 Å². The minimum atomic E-state index is -0.951. The van der Waals surface area contributed by atoms with Crippen LogP contribution in [0.5, 0.6) is 0 Å². The molecule has 0 saturated heterocycles. The van der Waals surface area contributed by atoms with Crippen LogP contribution in [-0.2, 0) is 0 Å². The molecule has 0 bridgehead atoms. The van der Waals surface area contributed by atoms with Crippen LogP contribution in [0.15, 0.2) is 5.38 Å². The van der Waals surface area contributed by atoms with E-state index in [2.05, 4.69) is 17.2 Å². The zero-order valence-corrected chi connectivity index (χ0v) is 11.7. The van der Waals surface area contributed by atoms with Crippen molar-refractivity contribution in [2.24, 2.45) is 5.41 Å². The van der Waals surface area contributed by atoms with Crippen LogP contribution in [0.2, 0.25) is 0 Å². The molecule has 4 nitrogen and oxygen atoms in total. The van der Waals surface area contributed by atoms with E-state index in [-0.39, 0.29) is 11.7 Å². The Labute approximate surface area is 111 Å². The number of thiazole rings is 1. The van der Waals surface area contributed by atoms with Crippen LogP contribution >= 0.6 is 11.3 Å². The Morgan fingerprint density at radius 2 is 2.28 bits per heavy atom. The van der Waals surface area contributed by atoms with Crippen molar-refractivity contribution in [1.29, 1.82) is 0 Å². The molecule has 1 aliphatic carbocycles. The van der Waals surface area contributed by atoms with Crippen LogP contribution in [0.4, 0.5) is 0 Å². The van der Waals surface area contributed by atoms with Gasteiger partial charge in [-0.05, 0) is 25.2 Å². The van der Waals surface area contributed by atoms with Gasteiger partial charge in [0.15, 0.2) is 5.69 Å². The molecule has 1 unspecified atom stereocenters. The first-order valence-electron chi connectivity index (χ1n) is 6.42. The van der Waals surface area contributed by atoms with E-state index in [4.69, 9.17) is 5.11 Å². The summed E-state index contributed by atoms with van der Waals surface area (Å²) < 4.78 is 0. The molecule has 100 valence electrons. The van der Waals surface area contributed by atoms with Crippen molar-refractivity contribution >= 4 is 17.3 Å². The fourth-order valence-corrected chi connectivity index (χ4v) is 3.30. The average Bonchev–Trinajstić information content (AvgIpc) is 2.95. The van der Waals surface area contributed by atoms with E-state index in [1.807, 2.05) is 6.92 Å². The first-order valence-corrected chi connectivity index (χ1v) is 7.30. The van der Waals surface area contributed by atoms with Crippen molar-refractivity contribution in [2.75, 3.05) is 6.54 Å². The molecule has 0 aromatic carbocycles. The number of rotatable bonds is 5. The van der Waals surface area contributed by atoms with Gasteiger partial charge in [0, 0.05) is 11.9 Å². The summed E-state index contributed by atoms with van der Waals surface area (Å²) >= 11 is 1.41. The molecule has 5 heteroatoms. The highest BCUT2D eigenvalue weighted by Gasteiger charge is 2.29. The topological polar surface area (TPSA) is 62.2 Å². The number of carboxylic acid groups (broad SMARTS) is 1. The first kappa shape index (κ1) is 13.5. The molecule has 1 heterocycles. The second kappa shape index (κ2) is 5.36. The molecule has 2 N–H and O–H groups in total. The van der Waals surface area contributed by atoms with Crippen LogP contribution < -0.4 is 5.32 Å². The summed E-state index contributed by atoms with van der Waals surface area (Å²) in [5, 5.41) is 14.8.